The molecule has 0 aliphatic carbocycles. The van der Waals surface area contributed by atoms with E-state index in [2.05, 4.69) is 77.8 Å². The molecule has 0 saturated carbocycles. The van der Waals surface area contributed by atoms with Crippen molar-refractivity contribution in [1.29, 1.82) is 0 Å². The molecule has 0 fully saturated rings. The Hall–Kier alpha value is -6.84. The second-order valence-corrected chi connectivity index (χ2v) is 16.1. The van der Waals surface area contributed by atoms with Crippen LogP contribution in [0.2, 0.25) is 0 Å². The van der Waals surface area contributed by atoms with E-state index in [1.54, 1.807) is 28.4 Å². The van der Waals surface area contributed by atoms with Crippen LogP contribution in [0.4, 0.5) is 0 Å². The van der Waals surface area contributed by atoms with Crippen LogP contribution in [-0.4, -0.2) is 109 Å². The van der Waals surface area contributed by atoms with Crippen LogP contribution >= 0.6 is 0 Å². The van der Waals surface area contributed by atoms with Crippen LogP contribution in [0, 0.1) is 0 Å². The van der Waals surface area contributed by atoms with Crippen molar-refractivity contribution in [3.63, 3.8) is 0 Å². The first kappa shape index (κ1) is 48.6. The van der Waals surface area contributed by atoms with Crippen LogP contribution in [0.25, 0.3) is 22.3 Å². The summed E-state index contributed by atoms with van der Waals surface area (Å²) in [5, 5.41) is 1.71. The third kappa shape index (κ3) is 11.4. The maximum absolute atomic E-state index is 6.14. The fourth-order valence-corrected chi connectivity index (χ4v) is 8.43. The van der Waals surface area contributed by atoms with Gasteiger partial charge in [0.05, 0.1) is 61.0 Å². The molecule has 352 valence electrons. The Morgan fingerprint density at radius 1 is 0.420 bits per heavy atom. The van der Waals surface area contributed by atoms with Gasteiger partial charge in [-0.15, -0.1) is 0 Å². The predicted octanol–water partition coefficient (Wildman–Crippen LogP) is 7.75. The standard InChI is InChI=1S/C56H54N4O8.Co/c1-61-25-29-65-41-13-5-9-37(33-41)53-45-17-19-47(57-45)54(38-10-6-14-42(34-38)66-30-26-62-2)49-21-23-51(59-49)56(40-12-8-16-44(36-40)68-32-28-64-4)52-24-22-50(60-52)55(48-20-18-46(53)58-48)39-11-7-15-43(35-39)67-31-27-63-3;/h5-24,33-36,45,60H,25-32H2,1-4H3;/q;+3/b53-46-,54-49-,55-50-,56-52-;. The van der Waals surface area contributed by atoms with Crippen molar-refractivity contribution in [1.82, 2.24) is 4.98 Å². The van der Waals surface area contributed by atoms with Crippen LogP contribution in [0.15, 0.2) is 172 Å². The molecule has 1 aromatic heterocycles. The van der Waals surface area contributed by atoms with E-state index < -0.39 is 6.04 Å². The average Bonchev–Trinajstić information content (AvgIpc) is 4.21. The first-order chi connectivity index (χ1) is 33.5. The summed E-state index contributed by atoms with van der Waals surface area (Å²) in [5.74, 6) is 2.88. The van der Waals surface area contributed by atoms with Gasteiger partial charge in [0, 0.05) is 61.4 Å². The van der Waals surface area contributed by atoms with E-state index in [-0.39, 0.29) is 16.8 Å². The molecule has 0 amide bonds. The zero-order valence-electron chi connectivity index (χ0n) is 39.0. The zero-order valence-corrected chi connectivity index (χ0v) is 40.1. The van der Waals surface area contributed by atoms with Gasteiger partial charge >= 0.3 is 16.8 Å². The number of hydrogen-bond donors (Lipinski definition) is 1. The Morgan fingerprint density at radius 3 is 1.29 bits per heavy atom. The number of aromatic nitrogens is 1. The summed E-state index contributed by atoms with van der Waals surface area (Å²) in [6.07, 6.45) is 12.5. The van der Waals surface area contributed by atoms with Gasteiger partial charge < -0.3 is 42.9 Å². The summed E-state index contributed by atoms with van der Waals surface area (Å²) < 4.78 is 45.7. The molecule has 1 N–H and O–H groups in total. The number of aromatic amines is 1. The summed E-state index contributed by atoms with van der Waals surface area (Å²) in [7, 11) is 6.66. The van der Waals surface area contributed by atoms with Crippen LogP contribution in [0.5, 0.6) is 23.0 Å². The third-order valence-corrected chi connectivity index (χ3v) is 11.6. The van der Waals surface area contributed by atoms with Gasteiger partial charge in [0.1, 0.15) is 49.4 Å². The molecule has 9 rings (SSSR count). The van der Waals surface area contributed by atoms with Crippen molar-refractivity contribution in [2.45, 2.75) is 6.04 Å². The summed E-state index contributed by atoms with van der Waals surface area (Å²) in [5.41, 5.74) is 11.1. The van der Waals surface area contributed by atoms with Crippen LogP contribution < -0.4 is 29.6 Å². The second-order valence-electron chi connectivity index (χ2n) is 16.1. The van der Waals surface area contributed by atoms with Crippen molar-refractivity contribution in [3.8, 4) is 23.0 Å². The van der Waals surface area contributed by atoms with Gasteiger partial charge in [-0.05, 0) is 113 Å². The Kier molecular flexibility index (Phi) is 16.5. The van der Waals surface area contributed by atoms with Crippen molar-refractivity contribution >= 4 is 39.4 Å². The molecule has 8 bridgehead atoms. The minimum atomic E-state index is -0.415. The molecule has 0 spiro atoms. The van der Waals surface area contributed by atoms with E-state index in [4.69, 9.17) is 52.9 Å². The van der Waals surface area contributed by atoms with Gasteiger partial charge in [0.25, 0.3) is 0 Å². The third-order valence-electron chi connectivity index (χ3n) is 11.6. The van der Waals surface area contributed by atoms with E-state index in [1.165, 1.54) is 0 Å². The van der Waals surface area contributed by atoms with Crippen LogP contribution in [0.3, 0.4) is 0 Å². The topological polar surface area (TPSA) is 127 Å². The summed E-state index contributed by atoms with van der Waals surface area (Å²) in [6, 6.07) is 36.1. The first-order valence-corrected chi connectivity index (χ1v) is 22.6. The smallest absolute Gasteiger partial charge is 0.491 e. The van der Waals surface area contributed by atoms with Crippen molar-refractivity contribution < 1.29 is 54.7 Å². The van der Waals surface area contributed by atoms with Gasteiger partial charge in [-0.1, -0.05) is 54.6 Å². The zero-order chi connectivity index (χ0) is 46.7. The normalized spacial score (nSPS) is 19.5. The number of nitrogens with zero attached hydrogens (tertiary/aromatic N) is 3. The molecule has 1 atom stereocenters. The van der Waals surface area contributed by atoms with Gasteiger partial charge in [0.2, 0.25) is 0 Å². The SMILES string of the molecule is COCCOc1cccc(/C2=C3\C=CC(=N3)/C(c3cccc(OCCOC)c3)=c3/cc/c([nH]3)=C(\c3cccc(OCCOC)c3)C3=N/C(=C(/c4cccc(OCCOC)c4)C4C=CC2=N4)C=C3)c1.[Co+3]. The number of nitrogens with one attached hydrogen (secondary N) is 1. The van der Waals surface area contributed by atoms with Gasteiger partial charge in [-0.3, -0.25) is 4.99 Å². The van der Waals surface area contributed by atoms with Crippen molar-refractivity contribution in [2.24, 2.45) is 15.0 Å². The maximum atomic E-state index is 6.14. The van der Waals surface area contributed by atoms with Crippen molar-refractivity contribution in [3.05, 3.63) is 190 Å². The first-order valence-electron chi connectivity index (χ1n) is 22.6. The molecule has 5 heterocycles. The number of H-pyrrole nitrogens is 1. The summed E-state index contributed by atoms with van der Waals surface area (Å²) in [6.45, 7) is 3.52. The Balaban J connectivity index is 0.00000642. The monoisotopic (exact) mass is 969 g/mol. The van der Waals surface area contributed by atoms with Crippen LogP contribution in [0.1, 0.15) is 22.3 Å². The number of benzene rings is 4. The summed E-state index contributed by atoms with van der Waals surface area (Å²) in [4.78, 5) is 20.3. The summed E-state index contributed by atoms with van der Waals surface area (Å²) >= 11 is 0. The van der Waals surface area contributed by atoms with Gasteiger partial charge in [0.15, 0.2) is 0 Å². The van der Waals surface area contributed by atoms with Crippen LogP contribution in [-0.2, 0) is 35.7 Å². The van der Waals surface area contributed by atoms with E-state index in [1.807, 2.05) is 72.8 Å². The van der Waals surface area contributed by atoms with E-state index in [9.17, 15) is 0 Å². The number of methoxy groups -OCH3 is 4. The fourth-order valence-electron chi connectivity index (χ4n) is 8.43. The molecule has 1 unspecified atom stereocenters. The predicted molar refractivity (Wildman–Crippen MR) is 268 cm³/mol. The minimum absolute atomic E-state index is 0. The molecule has 4 aliphatic rings. The number of fused-ring (bicyclic) bond motifs is 5. The molecule has 13 heteroatoms. The fraction of sp³-hybridized carbons (Fsp3) is 0.232. The second kappa shape index (κ2) is 23.4. The number of rotatable bonds is 20. The molecule has 4 aliphatic heterocycles. The number of hydrogen-bond acceptors (Lipinski definition) is 11. The Morgan fingerprint density at radius 2 is 0.826 bits per heavy atom. The quantitative estimate of drug-likeness (QED) is 0.0786. The van der Waals surface area contributed by atoms with E-state index >= 15 is 0 Å². The van der Waals surface area contributed by atoms with E-state index in [0.29, 0.717) is 58.6 Å². The van der Waals surface area contributed by atoms with Gasteiger partial charge in [-0.25, -0.2) is 9.98 Å². The molecular weight excluding hydrogens is 916 g/mol. The van der Waals surface area contributed by atoms with E-state index in [0.717, 1.165) is 101 Å². The Bertz CT molecular complexity index is 3050. The number of allylic oxidation sites excluding steroid dienone is 6. The molecule has 12 nitrogen and oxygen atoms in total. The Labute approximate surface area is 412 Å². The minimum Gasteiger partial charge on any atom is -0.491 e. The number of ether oxygens (including phenoxy) is 8. The largest absolute Gasteiger partial charge is 3.00 e. The van der Waals surface area contributed by atoms with Gasteiger partial charge in [-0.2, -0.15) is 0 Å². The molecular formula is C56H54CoN4O8+3. The molecule has 5 aromatic rings. The molecule has 4 aromatic carbocycles. The molecule has 0 radical (unpaired) electrons. The maximum Gasteiger partial charge on any atom is 3.00 e. The number of aliphatic imine (C=N–C) groups is 3. The molecule has 0 saturated heterocycles. The average molecular weight is 970 g/mol. The molecule has 69 heavy (non-hydrogen) atoms. The van der Waals surface area contributed by atoms with Crippen molar-refractivity contribution in [2.75, 3.05) is 81.3 Å².